The van der Waals surface area contributed by atoms with Crippen LogP contribution in [0.4, 0.5) is 0 Å². The average molecular weight is 200 g/mol. The third kappa shape index (κ3) is 3.72. The molecule has 8 heavy (non-hydrogen) atoms. The van der Waals surface area contributed by atoms with E-state index < -0.39 is 11.2 Å². The monoisotopic (exact) mass is 199 g/mol. The molecule has 0 saturated heterocycles. The van der Waals surface area contributed by atoms with Gasteiger partial charge in [-0.15, -0.1) is 0 Å². The van der Waals surface area contributed by atoms with Crippen LogP contribution < -0.4 is 0 Å². The Balaban J connectivity index is 3.17. The van der Waals surface area contributed by atoms with Crippen molar-refractivity contribution in [3.05, 3.63) is 0 Å². The zero-order valence-electron chi connectivity index (χ0n) is 4.59. The smallest absolute Gasteiger partial charge is 0.166 e. The number of rotatable bonds is 3. The molecule has 0 aromatic heterocycles. The summed E-state index contributed by atoms with van der Waals surface area (Å²) < 4.78 is 10.6. The summed E-state index contributed by atoms with van der Waals surface area (Å²) in [5.41, 5.74) is 0. The van der Waals surface area contributed by atoms with Gasteiger partial charge in [-0.3, -0.25) is 0 Å². The summed E-state index contributed by atoms with van der Waals surface area (Å²) >= 11 is 2.13. The Morgan fingerprint density at radius 1 is 1.88 bits per heavy atom. The van der Waals surface area contributed by atoms with Gasteiger partial charge >= 0.3 is 0 Å². The molecule has 49 valence electrons. The normalized spacial score (nSPS) is 18.0. The molecule has 0 amide bonds. The minimum atomic E-state index is -0.968. The van der Waals surface area contributed by atoms with Gasteiger partial charge in [0.25, 0.3) is 0 Å². The molecule has 0 aliphatic carbocycles. The quantitative estimate of drug-likeness (QED) is 0.493. The first-order chi connectivity index (χ1) is 3.68. The largest absolute Gasteiger partial charge is 0.615 e. The fourth-order valence-corrected chi connectivity index (χ4v) is 1.29. The van der Waals surface area contributed by atoms with E-state index in [-0.39, 0.29) is 16.5 Å². The first-order valence-corrected chi connectivity index (χ1v) is 4.57. The maximum Gasteiger partial charge on any atom is 0.166 e. The minimum absolute atomic E-state index is 0.0450. The van der Waals surface area contributed by atoms with E-state index in [0.717, 1.165) is 0 Å². The second-order valence-electron chi connectivity index (χ2n) is 1.33. The summed E-state index contributed by atoms with van der Waals surface area (Å²) in [6, 6.07) is 0. The lowest BCUT2D eigenvalue weighted by Gasteiger charge is -2.09. The topological polar surface area (TPSA) is 43.0 Å². The van der Waals surface area contributed by atoms with E-state index in [1.165, 1.54) is 0 Å². The summed E-state index contributed by atoms with van der Waals surface area (Å²) in [6.07, 6.45) is 0. The lowest BCUT2D eigenvalue weighted by molar-refractivity contribution is 0.213. The molecule has 1 radical (unpaired) electrons. The molecule has 4 heteroatoms. The molecular weight excluding hydrogens is 192 g/mol. The van der Waals surface area contributed by atoms with Gasteiger partial charge in [0.05, 0.1) is 0 Å². The van der Waals surface area contributed by atoms with Crippen molar-refractivity contribution in [1.29, 1.82) is 0 Å². The second-order valence-corrected chi connectivity index (χ2v) is 5.19. The molecule has 0 spiro atoms. The van der Waals surface area contributed by atoms with E-state index in [9.17, 15) is 9.66 Å². The molecule has 0 aliphatic heterocycles. The van der Waals surface area contributed by atoms with Crippen molar-refractivity contribution in [2.24, 2.45) is 0 Å². The van der Waals surface area contributed by atoms with E-state index in [1.807, 2.05) is 0 Å². The van der Waals surface area contributed by atoms with Gasteiger partial charge in [-0.25, -0.2) is 5.11 Å². The first-order valence-electron chi connectivity index (χ1n) is 2.28. The van der Waals surface area contributed by atoms with Gasteiger partial charge in [0.1, 0.15) is 12.4 Å². The molecule has 0 heterocycles. The highest BCUT2D eigenvalue weighted by molar-refractivity contribution is 9.11. The number of halogens is 1. The van der Waals surface area contributed by atoms with Crippen LogP contribution >= 0.6 is 15.9 Å². The minimum Gasteiger partial charge on any atom is -0.615 e. The zero-order chi connectivity index (χ0) is 6.57. The molecule has 0 saturated carbocycles. The Morgan fingerprint density at radius 3 is 2.50 bits per heavy atom. The molecule has 0 fully saturated rings. The molecular formula is C4H8BrO2S. The van der Waals surface area contributed by atoms with Crippen molar-refractivity contribution >= 4 is 27.1 Å². The van der Waals surface area contributed by atoms with E-state index in [0.29, 0.717) is 0 Å². The van der Waals surface area contributed by atoms with Gasteiger partial charge in [0.2, 0.25) is 0 Å². The summed E-state index contributed by atoms with van der Waals surface area (Å²) in [4.78, 5) is 0. The third-order valence-corrected chi connectivity index (χ3v) is 3.19. The fourth-order valence-electron chi connectivity index (χ4n) is 0.245. The average Bonchev–Trinajstić information content (AvgIpc) is 1.67. The van der Waals surface area contributed by atoms with Gasteiger partial charge < -0.3 is 4.55 Å². The predicted octanol–water partition coefficient (Wildman–Crippen LogP) is 0.907. The van der Waals surface area contributed by atoms with Crippen molar-refractivity contribution in [3.63, 3.8) is 0 Å². The van der Waals surface area contributed by atoms with Crippen molar-refractivity contribution in [1.82, 2.24) is 0 Å². The van der Waals surface area contributed by atoms with Crippen LogP contribution in [0.1, 0.15) is 6.92 Å². The van der Waals surface area contributed by atoms with Crippen LogP contribution in [0, 0.1) is 0 Å². The molecule has 0 aromatic carbocycles. The number of alkyl halides is 1. The molecule has 2 atom stereocenters. The lowest BCUT2D eigenvalue weighted by atomic mass is 10.9. The lowest BCUT2D eigenvalue weighted by Crippen LogP contribution is -2.16. The van der Waals surface area contributed by atoms with Crippen molar-refractivity contribution < 1.29 is 9.66 Å². The Morgan fingerprint density at radius 2 is 2.38 bits per heavy atom. The summed E-state index contributed by atoms with van der Waals surface area (Å²) in [7, 11) is 0. The molecule has 0 aromatic rings. The molecule has 0 bridgehead atoms. The van der Waals surface area contributed by atoms with Crippen LogP contribution in [0.15, 0.2) is 0 Å². The van der Waals surface area contributed by atoms with Crippen molar-refractivity contribution in [2.75, 3.05) is 12.4 Å². The Hall–Kier alpha value is 0.750. The van der Waals surface area contributed by atoms with E-state index >= 15 is 0 Å². The van der Waals surface area contributed by atoms with Gasteiger partial charge in [-0.2, -0.15) is 0 Å². The van der Waals surface area contributed by atoms with Crippen LogP contribution in [0.2, 0.25) is 0 Å². The van der Waals surface area contributed by atoms with Crippen LogP contribution in [-0.4, -0.2) is 21.1 Å². The Labute approximate surface area is 60.6 Å². The predicted molar refractivity (Wildman–Crippen MR) is 37.0 cm³/mol. The molecule has 0 aliphatic rings. The molecule has 0 N–H and O–H groups in total. The SMILES string of the molecule is CC(Br)[S+]([O-])CC[O]. The fraction of sp³-hybridized carbons (Fsp3) is 1.00. The van der Waals surface area contributed by atoms with Crippen LogP contribution in [0.5, 0.6) is 0 Å². The van der Waals surface area contributed by atoms with Crippen LogP contribution in [0.25, 0.3) is 0 Å². The highest BCUT2D eigenvalue weighted by Crippen LogP contribution is 2.07. The molecule has 0 rings (SSSR count). The second kappa shape index (κ2) is 4.61. The van der Waals surface area contributed by atoms with Gasteiger partial charge in [-0.1, -0.05) is 0 Å². The Kier molecular flexibility index (Phi) is 5.04. The summed E-state index contributed by atoms with van der Waals surface area (Å²) in [6.45, 7) is 1.52. The van der Waals surface area contributed by atoms with Gasteiger partial charge in [0.15, 0.2) is 4.16 Å². The zero-order valence-corrected chi connectivity index (χ0v) is 7.00. The van der Waals surface area contributed by atoms with Crippen LogP contribution in [0.3, 0.4) is 0 Å². The molecule has 2 nitrogen and oxygen atoms in total. The van der Waals surface area contributed by atoms with E-state index in [1.54, 1.807) is 6.92 Å². The van der Waals surface area contributed by atoms with Gasteiger partial charge in [-0.05, 0) is 34.0 Å². The highest BCUT2D eigenvalue weighted by atomic mass is 79.9. The standard InChI is InChI=1S/C4H8BrO2S/c1-4(5)8(7)3-2-6/h4H,2-3H2,1H3. The van der Waals surface area contributed by atoms with E-state index in [2.05, 4.69) is 15.9 Å². The van der Waals surface area contributed by atoms with Gasteiger partial charge in [0, 0.05) is 0 Å². The first kappa shape index (κ1) is 8.75. The summed E-state index contributed by atoms with van der Waals surface area (Å²) in [5.74, 6) is 0.256. The molecule has 2 unspecified atom stereocenters. The number of hydrogen-bond acceptors (Lipinski definition) is 1. The van der Waals surface area contributed by atoms with Crippen molar-refractivity contribution in [3.8, 4) is 0 Å². The highest BCUT2D eigenvalue weighted by Gasteiger charge is 2.10. The number of hydrogen-bond donors (Lipinski definition) is 0. The summed E-state index contributed by atoms with van der Waals surface area (Å²) in [5, 5.41) is 9.83. The third-order valence-electron chi connectivity index (χ3n) is 0.647. The maximum atomic E-state index is 10.6. The van der Waals surface area contributed by atoms with E-state index in [4.69, 9.17) is 0 Å². The Bertz CT molecular complexity index is 60.0. The maximum absolute atomic E-state index is 10.6. The van der Waals surface area contributed by atoms with Crippen LogP contribution in [-0.2, 0) is 16.3 Å². The van der Waals surface area contributed by atoms with Crippen molar-refractivity contribution in [2.45, 2.75) is 11.1 Å².